The molecule has 1 saturated heterocycles. The predicted molar refractivity (Wildman–Crippen MR) is 132 cm³/mol. The van der Waals surface area contributed by atoms with Crippen molar-refractivity contribution in [1.82, 2.24) is 0 Å². The van der Waals surface area contributed by atoms with E-state index in [1.807, 2.05) is 0 Å². The van der Waals surface area contributed by atoms with Crippen LogP contribution in [0.2, 0.25) is 0 Å². The van der Waals surface area contributed by atoms with Gasteiger partial charge in [-0.05, 0) is 101 Å². The van der Waals surface area contributed by atoms with E-state index in [2.05, 4.69) is 47.6 Å². The molecule has 0 aromatic carbocycles. The van der Waals surface area contributed by atoms with Crippen LogP contribution >= 0.6 is 0 Å². The number of allylic oxidation sites excluding steroid dienone is 2. The molecule has 10 atom stereocenters. The Morgan fingerprint density at radius 2 is 1.91 bits per heavy atom. The van der Waals surface area contributed by atoms with Crippen LogP contribution in [0.15, 0.2) is 11.6 Å². The number of hydrogen-bond donors (Lipinski definition) is 2. The zero-order valence-corrected chi connectivity index (χ0v) is 22.1. The van der Waals surface area contributed by atoms with Crippen LogP contribution in [0, 0.1) is 39.9 Å². The van der Waals surface area contributed by atoms with E-state index in [4.69, 9.17) is 4.74 Å². The van der Waals surface area contributed by atoms with Gasteiger partial charge in [0.15, 0.2) is 11.4 Å². The molecule has 1 heterocycles. The second-order valence-corrected chi connectivity index (χ2v) is 13.1. The fraction of sp³-hybridized carbons (Fsp3) is 0.897. The quantitative estimate of drug-likeness (QED) is 0.360. The number of aliphatic hydroxyl groups excluding tert-OH is 2. The first-order valence-corrected chi connectivity index (χ1v) is 13.5. The van der Waals surface area contributed by atoms with Gasteiger partial charge in [0, 0.05) is 17.9 Å². The van der Waals surface area contributed by atoms with E-state index in [0.717, 1.165) is 32.1 Å². The van der Waals surface area contributed by atoms with Gasteiger partial charge in [0.25, 0.3) is 0 Å². The molecule has 3 aliphatic carbocycles. The number of epoxide rings is 1. The van der Waals surface area contributed by atoms with Gasteiger partial charge in [0.2, 0.25) is 0 Å². The minimum absolute atomic E-state index is 0.0159. The molecule has 4 aliphatic rings. The van der Waals surface area contributed by atoms with Crippen LogP contribution in [0.1, 0.15) is 99.8 Å². The van der Waals surface area contributed by atoms with Crippen molar-refractivity contribution in [3.63, 3.8) is 0 Å². The first-order valence-electron chi connectivity index (χ1n) is 13.5. The average molecular weight is 461 g/mol. The fourth-order valence-corrected chi connectivity index (χ4v) is 9.58. The van der Waals surface area contributed by atoms with Crippen molar-refractivity contribution in [2.75, 3.05) is 6.61 Å². The second-order valence-electron chi connectivity index (χ2n) is 13.1. The van der Waals surface area contributed by atoms with Gasteiger partial charge in [-0.3, -0.25) is 4.79 Å². The number of carbonyl (C=O) groups is 1. The molecule has 1 unspecified atom stereocenters. The Kier molecular flexibility index (Phi) is 6.50. The Morgan fingerprint density at radius 1 is 1.21 bits per heavy atom. The first kappa shape index (κ1) is 25.4. The maximum atomic E-state index is 12.8. The molecule has 4 fully saturated rings. The van der Waals surface area contributed by atoms with E-state index in [1.165, 1.54) is 18.4 Å². The van der Waals surface area contributed by atoms with Gasteiger partial charge < -0.3 is 14.9 Å². The van der Waals surface area contributed by atoms with Gasteiger partial charge in [-0.2, -0.15) is 0 Å². The lowest BCUT2D eigenvalue weighted by atomic mass is 9.38. The SMILES string of the molecule is CC(=O)[C@@]12O[C@@H]1C[C@@H]1[C@@](C)(C[C@H](O)[C@]3(C)[C@@H](C(C)CCC=C(C)C)CC[C@@]13C)[C@@H]2CCCO. The summed E-state index contributed by atoms with van der Waals surface area (Å²) in [6, 6.07) is 0. The molecule has 1 aliphatic heterocycles. The van der Waals surface area contributed by atoms with Crippen LogP contribution in [0.25, 0.3) is 0 Å². The molecule has 4 heteroatoms. The summed E-state index contributed by atoms with van der Waals surface area (Å²) in [4.78, 5) is 12.8. The highest BCUT2D eigenvalue weighted by Gasteiger charge is 2.79. The minimum Gasteiger partial charge on any atom is -0.396 e. The topological polar surface area (TPSA) is 70.1 Å². The number of fused-ring (bicyclic) bond motifs is 4. The van der Waals surface area contributed by atoms with Crippen LogP contribution in [0.4, 0.5) is 0 Å². The van der Waals surface area contributed by atoms with E-state index in [0.29, 0.717) is 24.2 Å². The van der Waals surface area contributed by atoms with Crippen molar-refractivity contribution in [2.24, 2.45) is 39.9 Å². The van der Waals surface area contributed by atoms with Crippen LogP contribution in [-0.2, 0) is 9.53 Å². The smallest absolute Gasteiger partial charge is 0.164 e. The van der Waals surface area contributed by atoms with E-state index < -0.39 is 5.60 Å². The second kappa shape index (κ2) is 8.45. The minimum atomic E-state index is -0.681. The zero-order valence-electron chi connectivity index (χ0n) is 22.1. The zero-order chi connectivity index (χ0) is 24.4. The normalized spacial score (nSPS) is 48.9. The molecule has 0 aromatic heterocycles. The summed E-state index contributed by atoms with van der Waals surface area (Å²) in [6.45, 7) is 15.7. The van der Waals surface area contributed by atoms with Gasteiger partial charge in [0.05, 0.1) is 12.2 Å². The highest BCUT2D eigenvalue weighted by Crippen LogP contribution is 2.77. The van der Waals surface area contributed by atoms with E-state index >= 15 is 0 Å². The lowest BCUT2D eigenvalue weighted by Gasteiger charge is -2.66. The van der Waals surface area contributed by atoms with Crippen LogP contribution in [-0.4, -0.2) is 40.4 Å². The molecule has 0 bridgehead atoms. The first-order chi connectivity index (χ1) is 15.4. The number of ketones is 1. The third kappa shape index (κ3) is 3.44. The molecule has 0 amide bonds. The predicted octanol–water partition coefficient (Wildman–Crippen LogP) is 5.70. The van der Waals surface area contributed by atoms with Gasteiger partial charge in [0.1, 0.15) is 0 Å². The Labute approximate surface area is 201 Å². The van der Waals surface area contributed by atoms with Crippen molar-refractivity contribution in [2.45, 2.75) is 118 Å². The van der Waals surface area contributed by atoms with Crippen molar-refractivity contribution < 1.29 is 19.7 Å². The Balaban J connectivity index is 1.68. The number of rotatable bonds is 8. The summed E-state index contributed by atoms with van der Waals surface area (Å²) in [5.41, 5.74) is 0.462. The van der Waals surface area contributed by atoms with Crippen LogP contribution < -0.4 is 0 Å². The number of hydrogen-bond acceptors (Lipinski definition) is 4. The van der Waals surface area contributed by atoms with Crippen molar-refractivity contribution in [1.29, 1.82) is 0 Å². The maximum absolute atomic E-state index is 12.8. The van der Waals surface area contributed by atoms with Crippen molar-refractivity contribution in [3.05, 3.63) is 11.6 Å². The third-order valence-corrected chi connectivity index (χ3v) is 11.5. The molecule has 33 heavy (non-hydrogen) atoms. The molecule has 188 valence electrons. The third-order valence-electron chi connectivity index (χ3n) is 11.5. The summed E-state index contributed by atoms with van der Waals surface area (Å²) < 4.78 is 6.29. The van der Waals surface area contributed by atoms with Crippen LogP contribution in [0.3, 0.4) is 0 Å². The average Bonchev–Trinajstić information content (AvgIpc) is 3.39. The number of aliphatic hydroxyl groups is 2. The van der Waals surface area contributed by atoms with Gasteiger partial charge in [-0.15, -0.1) is 0 Å². The highest BCUT2D eigenvalue weighted by molar-refractivity contribution is 5.89. The van der Waals surface area contributed by atoms with E-state index in [9.17, 15) is 15.0 Å². The number of ether oxygens (including phenoxy) is 1. The fourth-order valence-electron chi connectivity index (χ4n) is 9.58. The Bertz CT molecular complexity index is 801. The van der Waals surface area contributed by atoms with Gasteiger partial charge in [-0.25, -0.2) is 0 Å². The molecular weight excluding hydrogens is 412 g/mol. The van der Waals surface area contributed by atoms with Crippen molar-refractivity contribution in [3.8, 4) is 0 Å². The summed E-state index contributed by atoms with van der Waals surface area (Å²) in [5.74, 6) is 1.73. The van der Waals surface area contributed by atoms with Gasteiger partial charge >= 0.3 is 0 Å². The largest absolute Gasteiger partial charge is 0.396 e. The molecule has 0 spiro atoms. The van der Waals surface area contributed by atoms with E-state index in [1.54, 1.807) is 6.92 Å². The summed E-state index contributed by atoms with van der Waals surface area (Å²) >= 11 is 0. The molecule has 0 radical (unpaired) electrons. The lowest BCUT2D eigenvalue weighted by Crippen LogP contribution is -2.66. The van der Waals surface area contributed by atoms with Gasteiger partial charge in [-0.1, -0.05) is 39.3 Å². The molecular formula is C29H48O4. The monoisotopic (exact) mass is 460 g/mol. The molecule has 3 saturated carbocycles. The summed E-state index contributed by atoms with van der Waals surface area (Å²) in [6.07, 6.45) is 9.75. The summed E-state index contributed by atoms with van der Waals surface area (Å²) in [7, 11) is 0. The Hall–Kier alpha value is -0.710. The van der Waals surface area contributed by atoms with E-state index in [-0.39, 0.29) is 46.8 Å². The maximum Gasteiger partial charge on any atom is 0.164 e. The molecule has 2 N–H and O–H groups in total. The number of carbonyl (C=O) groups excluding carboxylic acids is 1. The lowest BCUT2D eigenvalue weighted by molar-refractivity contribution is -0.213. The molecule has 4 nitrogen and oxygen atoms in total. The molecule has 0 aromatic rings. The standard InChI is InChI=1S/C29H48O4/c1-18(2)10-8-11-19(3)21-13-14-27(6)23-16-25-29(33-25,20(4)31)22(12-9-15-30)26(23,5)17-24(32)28(21,27)7/h10,19,21-25,30,32H,8-9,11-17H2,1-7H3/t19?,21-,22+,23-,24+,25-,26+,27+,28+,29+/m1/s1. The highest BCUT2D eigenvalue weighted by atomic mass is 16.6. The molecule has 4 rings (SSSR count). The summed E-state index contributed by atoms with van der Waals surface area (Å²) in [5, 5.41) is 21.5. The van der Waals surface area contributed by atoms with Crippen LogP contribution in [0.5, 0.6) is 0 Å². The van der Waals surface area contributed by atoms with Crippen molar-refractivity contribution >= 4 is 5.78 Å². The number of Topliss-reactive ketones (excluding diaryl/α,β-unsaturated/α-hetero) is 1. The Morgan fingerprint density at radius 3 is 2.52 bits per heavy atom.